The average Bonchev–Trinajstić information content (AvgIpc) is 3.16. The van der Waals surface area contributed by atoms with Gasteiger partial charge in [0.25, 0.3) is 0 Å². The van der Waals surface area contributed by atoms with Crippen LogP contribution in [0.15, 0.2) is 66.7 Å². The minimum Gasteiger partial charge on any atom is -0.478 e. The molecule has 3 aromatic carbocycles. The largest absolute Gasteiger partial charge is 0.478 e. The Labute approximate surface area is 182 Å². The number of rotatable bonds is 6. The van der Waals surface area contributed by atoms with E-state index in [0.29, 0.717) is 15.5 Å². The molecule has 0 saturated heterocycles. The topological polar surface area (TPSA) is 79.3 Å². The molecular formula is C23H17ClN2O3S. The first-order valence-corrected chi connectivity index (χ1v) is 10.4. The highest BCUT2D eigenvalue weighted by atomic mass is 35.5. The van der Waals surface area contributed by atoms with Gasteiger partial charge in [-0.1, -0.05) is 54.1 Å². The Morgan fingerprint density at radius 1 is 1.00 bits per heavy atom. The number of carbonyl (C=O) groups excluding carboxylic acids is 1. The second-order valence-corrected chi connectivity index (χ2v) is 8.26. The van der Waals surface area contributed by atoms with Crippen LogP contribution in [0.5, 0.6) is 0 Å². The highest BCUT2D eigenvalue weighted by Crippen LogP contribution is 2.33. The molecule has 2 N–H and O–H groups in total. The molecule has 4 rings (SSSR count). The third-order valence-electron chi connectivity index (χ3n) is 4.58. The average molecular weight is 437 g/mol. The Morgan fingerprint density at radius 2 is 1.80 bits per heavy atom. The number of halogens is 1. The lowest BCUT2D eigenvalue weighted by molar-refractivity contribution is -0.120. The molecule has 0 aliphatic heterocycles. The van der Waals surface area contributed by atoms with Crippen molar-refractivity contribution in [3.63, 3.8) is 0 Å². The van der Waals surface area contributed by atoms with Crippen LogP contribution in [0, 0.1) is 0 Å². The molecule has 0 spiro atoms. The first kappa shape index (κ1) is 20.1. The lowest BCUT2D eigenvalue weighted by atomic mass is 10.1. The summed E-state index contributed by atoms with van der Waals surface area (Å²) in [5.74, 6) is -1.18. The molecule has 0 aliphatic carbocycles. The third kappa shape index (κ3) is 4.50. The summed E-state index contributed by atoms with van der Waals surface area (Å²) < 4.78 is 0.929. The molecule has 7 heteroatoms. The van der Waals surface area contributed by atoms with Crippen LogP contribution in [0.4, 0.5) is 0 Å². The number of aromatic nitrogens is 1. The fraction of sp³-hybridized carbons (Fsp3) is 0.0870. The van der Waals surface area contributed by atoms with Gasteiger partial charge in [0, 0.05) is 6.54 Å². The lowest BCUT2D eigenvalue weighted by Gasteiger charge is -2.05. The summed E-state index contributed by atoms with van der Waals surface area (Å²) in [7, 11) is 0. The third-order valence-corrected chi connectivity index (χ3v) is 5.87. The van der Waals surface area contributed by atoms with Gasteiger partial charge in [-0.15, -0.1) is 11.3 Å². The van der Waals surface area contributed by atoms with E-state index >= 15 is 0 Å². The van der Waals surface area contributed by atoms with Gasteiger partial charge < -0.3 is 10.4 Å². The Kier molecular flexibility index (Phi) is 5.79. The summed E-state index contributed by atoms with van der Waals surface area (Å²) in [6, 6.07) is 20.4. The number of aromatic carboxylic acids is 1. The normalized spacial score (nSPS) is 10.8. The summed E-state index contributed by atoms with van der Waals surface area (Å²) in [6.07, 6.45) is 0.134. The Hall–Kier alpha value is -3.22. The van der Waals surface area contributed by atoms with E-state index in [-0.39, 0.29) is 24.4 Å². The van der Waals surface area contributed by atoms with Crippen molar-refractivity contribution in [3.05, 3.63) is 87.9 Å². The maximum Gasteiger partial charge on any atom is 0.335 e. The summed E-state index contributed by atoms with van der Waals surface area (Å²) >= 11 is 7.88. The highest BCUT2D eigenvalue weighted by molar-refractivity contribution is 7.18. The van der Waals surface area contributed by atoms with Crippen molar-refractivity contribution in [2.75, 3.05) is 0 Å². The Balaban J connectivity index is 1.47. The minimum atomic E-state index is -0.996. The fourth-order valence-corrected chi connectivity index (χ4v) is 4.47. The predicted molar refractivity (Wildman–Crippen MR) is 119 cm³/mol. The molecule has 5 nitrogen and oxygen atoms in total. The van der Waals surface area contributed by atoms with Crippen LogP contribution in [0.2, 0.25) is 5.02 Å². The van der Waals surface area contributed by atoms with Gasteiger partial charge in [-0.05, 0) is 41.0 Å². The van der Waals surface area contributed by atoms with Crippen LogP contribution in [-0.2, 0) is 17.8 Å². The quantitative estimate of drug-likeness (QED) is 0.436. The summed E-state index contributed by atoms with van der Waals surface area (Å²) in [5.41, 5.74) is 3.68. The first-order chi connectivity index (χ1) is 14.5. The second kappa shape index (κ2) is 8.65. The van der Waals surface area contributed by atoms with E-state index in [2.05, 4.69) is 10.3 Å². The van der Waals surface area contributed by atoms with E-state index in [9.17, 15) is 9.59 Å². The molecule has 150 valence electrons. The van der Waals surface area contributed by atoms with Crippen LogP contribution < -0.4 is 5.32 Å². The van der Waals surface area contributed by atoms with Gasteiger partial charge in [0.05, 0.1) is 21.7 Å². The second-order valence-electron chi connectivity index (χ2n) is 6.74. The van der Waals surface area contributed by atoms with Crippen LogP contribution in [-0.4, -0.2) is 22.0 Å². The number of thiazole rings is 1. The van der Waals surface area contributed by atoms with E-state index in [1.807, 2.05) is 42.5 Å². The summed E-state index contributed by atoms with van der Waals surface area (Å²) in [5, 5.41) is 13.1. The zero-order valence-electron chi connectivity index (χ0n) is 15.8. The number of amides is 1. The van der Waals surface area contributed by atoms with Crippen molar-refractivity contribution >= 4 is 45.0 Å². The number of nitrogens with zero attached hydrogens (tertiary/aromatic N) is 1. The number of carboxylic acid groups (broad SMARTS) is 1. The van der Waals surface area contributed by atoms with Crippen molar-refractivity contribution < 1.29 is 14.7 Å². The molecule has 4 aromatic rings. The van der Waals surface area contributed by atoms with Crippen molar-refractivity contribution in [3.8, 4) is 11.1 Å². The molecule has 0 saturated carbocycles. The van der Waals surface area contributed by atoms with Crippen LogP contribution >= 0.6 is 22.9 Å². The monoisotopic (exact) mass is 436 g/mol. The Morgan fingerprint density at radius 3 is 2.57 bits per heavy atom. The molecule has 1 amide bonds. The van der Waals surface area contributed by atoms with E-state index in [0.717, 1.165) is 21.4 Å². The number of fused-ring (bicyclic) bond motifs is 1. The molecule has 0 fully saturated rings. The lowest BCUT2D eigenvalue weighted by Crippen LogP contribution is -2.24. The fourth-order valence-electron chi connectivity index (χ4n) is 3.12. The molecule has 0 aliphatic rings. The first-order valence-electron chi connectivity index (χ1n) is 9.23. The number of hydrogen-bond acceptors (Lipinski definition) is 4. The smallest absolute Gasteiger partial charge is 0.335 e. The zero-order valence-corrected chi connectivity index (χ0v) is 17.3. The van der Waals surface area contributed by atoms with Gasteiger partial charge in [-0.3, -0.25) is 4.79 Å². The minimum absolute atomic E-state index is 0.134. The van der Waals surface area contributed by atoms with Crippen LogP contribution in [0.3, 0.4) is 0 Å². The van der Waals surface area contributed by atoms with Gasteiger partial charge in [0.2, 0.25) is 5.91 Å². The standard InChI is InChI=1S/C23H17ClN2O3S/c24-18-10-17(15-6-2-1-3-7-15)11-19-22(18)26-21(30-19)12-20(27)25-13-14-5-4-8-16(9-14)23(28)29/h1-11H,12-13H2,(H,25,27)(H,28,29). The molecule has 0 atom stereocenters. The highest BCUT2D eigenvalue weighted by Gasteiger charge is 2.13. The number of hydrogen-bond donors (Lipinski definition) is 2. The van der Waals surface area contributed by atoms with Crippen molar-refractivity contribution in [1.29, 1.82) is 0 Å². The molecule has 30 heavy (non-hydrogen) atoms. The zero-order chi connectivity index (χ0) is 21.1. The van der Waals surface area contributed by atoms with Crippen molar-refractivity contribution in [2.45, 2.75) is 13.0 Å². The molecular weight excluding hydrogens is 420 g/mol. The number of carboxylic acids is 1. The number of nitrogens with one attached hydrogen (secondary N) is 1. The van der Waals surface area contributed by atoms with Gasteiger partial charge in [-0.25, -0.2) is 9.78 Å². The number of carbonyl (C=O) groups is 2. The van der Waals surface area contributed by atoms with Crippen LogP contribution in [0.25, 0.3) is 21.3 Å². The molecule has 0 radical (unpaired) electrons. The van der Waals surface area contributed by atoms with Crippen molar-refractivity contribution in [2.24, 2.45) is 0 Å². The van der Waals surface area contributed by atoms with E-state index in [4.69, 9.17) is 16.7 Å². The molecule has 0 unspecified atom stereocenters. The van der Waals surface area contributed by atoms with E-state index in [1.165, 1.54) is 17.4 Å². The van der Waals surface area contributed by atoms with Gasteiger partial charge in [0.1, 0.15) is 10.5 Å². The van der Waals surface area contributed by atoms with E-state index in [1.54, 1.807) is 18.2 Å². The molecule has 1 heterocycles. The summed E-state index contributed by atoms with van der Waals surface area (Å²) in [6.45, 7) is 0.254. The maximum absolute atomic E-state index is 12.4. The summed E-state index contributed by atoms with van der Waals surface area (Å²) in [4.78, 5) is 27.9. The number of benzene rings is 3. The van der Waals surface area contributed by atoms with Crippen LogP contribution in [0.1, 0.15) is 20.9 Å². The van der Waals surface area contributed by atoms with Gasteiger partial charge >= 0.3 is 5.97 Å². The maximum atomic E-state index is 12.4. The molecule has 0 bridgehead atoms. The van der Waals surface area contributed by atoms with Gasteiger partial charge in [-0.2, -0.15) is 0 Å². The SMILES string of the molecule is O=C(Cc1nc2c(Cl)cc(-c3ccccc3)cc2s1)NCc1cccc(C(=O)O)c1. The van der Waals surface area contributed by atoms with Crippen molar-refractivity contribution in [1.82, 2.24) is 10.3 Å². The molecule has 1 aromatic heterocycles. The van der Waals surface area contributed by atoms with Gasteiger partial charge in [0.15, 0.2) is 0 Å². The van der Waals surface area contributed by atoms with E-state index < -0.39 is 5.97 Å². The Bertz CT molecular complexity index is 1240. The predicted octanol–water partition coefficient (Wildman–Crippen LogP) is 5.17.